The smallest absolute Gasteiger partial charge is 0.242 e. The third-order valence-electron chi connectivity index (χ3n) is 4.37. The fourth-order valence-electron chi connectivity index (χ4n) is 2.78. The molecule has 0 radical (unpaired) electrons. The number of carbonyl (C=O) groups is 2. The summed E-state index contributed by atoms with van der Waals surface area (Å²) >= 11 is 0. The maximum atomic E-state index is 14.1. The van der Waals surface area contributed by atoms with Gasteiger partial charge in [0.25, 0.3) is 0 Å². The highest BCUT2D eigenvalue weighted by Crippen LogP contribution is 2.15. The normalized spacial score (nSPS) is 11.9. The molecule has 2 aromatic carbocycles. The fraction of sp³-hybridized carbons (Fsp3) is 0.364. The summed E-state index contributed by atoms with van der Waals surface area (Å²) in [5, 5.41) is 2.82. The van der Waals surface area contributed by atoms with Crippen LogP contribution in [0.4, 0.5) is 4.39 Å². The Bertz CT molecular complexity index is 787. The first-order chi connectivity index (χ1) is 12.8. The van der Waals surface area contributed by atoms with Gasteiger partial charge in [-0.05, 0) is 39.3 Å². The maximum absolute atomic E-state index is 14.1. The molecule has 27 heavy (non-hydrogen) atoms. The van der Waals surface area contributed by atoms with Crippen molar-refractivity contribution >= 4 is 11.8 Å². The zero-order valence-electron chi connectivity index (χ0n) is 16.3. The Morgan fingerprint density at radius 2 is 1.67 bits per heavy atom. The number of hydrogen-bond acceptors (Lipinski definition) is 2. The summed E-state index contributed by atoms with van der Waals surface area (Å²) < 4.78 is 14.1. The van der Waals surface area contributed by atoms with Gasteiger partial charge in [0.05, 0.1) is 6.42 Å². The van der Waals surface area contributed by atoms with Crippen LogP contribution in [0.5, 0.6) is 0 Å². The molecule has 0 unspecified atom stereocenters. The summed E-state index contributed by atoms with van der Waals surface area (Å²) in [6.07, 6.45) is 0.161. The number of aryl methyl sites for hydroxylation is 1. The van der Waals surface area contributed by atoms with E-state index in [1.807, 2.05) is 45.0 Å². The molecule has 0 aliphatic rings. The molecule has 0 heterocycles. The lowest BCUT2D eigenvalue weighted by Gasteiger charge is -2.29. The third kappa shape index (κ3) is 5.91. The van der Waals surface area contributed by atoms with E-state index in [1.54, 1.807) is 25.1 Å². The molecule has 2 aromatic rings. The Labute approximate surface area is 160 Å². The number of hydrogen-bond donors (Lipinski definition) is 1. The summed E-state index contributed by atoms with van der Waals surface area (Å²) in [6, 6.07) is 13.3. The van der Waals surface area contributed by atoms with Crippen molar-refractivity contribution in [2.45, 2.75) is 52.7 Å². The summed E-state index contributed by atoms with van der Waals surface area (Å²) in [5.74, 6) is -0.853. The van der Waals surface area contributed by atoms with Crippen molar-refractivity contribution in [1.29, 1.82) is 0 Å². The summed E-state index contributed by atoms with van der Waals surface area (Å²) in [4.78, 5) is 26.9. The minimum Gasteiger partial charge on any atom is -0.352 e. The molecule has 144 valence electrons. The van der Waals surface area contributed by atoms with Gasteiger partial charge in [-0.15, -0.1) is 0 Å². The fourth-order valence-corrected chi connectivity index (χ4v) is 2.78. The number of amides is 2. The molecule has 0 saturated carbocycles. The lowest BCUT2D eigenvalue weighted by atomic mass is 10.1. The molecule has 4 nitrogen and oxygen atoms in total. The summed E-state index contributed by atoms with van der Waals surface area (Å²) in [7, 11) is 0. The first-order valence-corrected chi connectivity index (χ1v) is 9.16. The van der Waals surface area contributed by atoms with Crippen LogP contribution < -0.4 is 5.32 Å². The Morgan fingerprint density at radius 1 is 1.04 bits per heavy atom. The van der Waals surface area contributed by atoms with Crippen LogP contribution >= 0.6 is 0 Å². The molecule has 0 bridgehead atoms. The monoisotopic (exact) mass is 370 g/mol. The van der Waals surface area contributed by atoms with E-state index in [1.165, 1.54) is 11.0 Å². The molecule has 0 spiro atoms. The van der Waals surface area contributed by atoms with Gasteiger partial charge in [0.15, 0.2) is 0 Å². The van der Waals surface area contributed by atoms with Crippen molar-refractivity contribution in [2.24, 2.45) is 0 Å². The van der Waals surface area contributed by atoms with Gasteiger partial charge in [-0.1, -0.05) is 48.0 Å². The van der Waals surface area contributed by atoms with Crippen LogP contribution in [0.25, 0.3) is 0 Å². The average molecular weight is 370 g/mol. The molecule has 1 N–H and O–H groups in total. The second kappa shape index (κ2) is 9.31. The molecule has 2 amide bonds. The van der Waals surface area contributed by atoms with E-state index in [0.717, 1.165) is 11.1 Å². The second-order valence-electron chi connectivity index (χ2n) is 7.11. The van der Waals surface area contributed by atoms with Crippen LogP contribution in [0, 0.1) is 12.7 Å². The molecule has 2 rings (SSSR count). The highest BCUT2D eigenvalue weighted by atomic mass is 19.1. The van der Waals surface area contributed by atoms with Crippen LogP contribution in [0.2, 0.25) is 0 Å². The van der Waals surface area contributed by atoms with Crippen molar-refractivity contribution in [3.8, 4) is 0 Å². The Kier molecular flexibility index (Phi) is 7.11. The van der Waals surface area contributed by atoms with Crippen molar-refractivity contribution in [3.05, 3.63) is 71.0 Å². The molecule has 1 atom stereocenters. The van der Waals surface area contributed by atoms with Crippen LogP contribution in [0.3, 0.4) is 0 Å². The zero-order valence-corrected chi connectivity index (χ0v) is 16.3. The molecule has 0 fully saturated rings. The first-order valence-electron chi connectivity index (χ1n) is 9.16. The molecular weight excluding hydrogens is 343 g/mol. The standard InChI is InChI=1S/C22H27FN2O2/c1-15(2)24-22(27)17(4)25(14-19-7-5-6-8-20(19)23)21(26)13-18-11-9-16(3)10-12-18/h5-12,15,17H,13-14H2,1-4H3,(H,24,27)/t17-/m0/s1. The average Bonchev–Trinajstić information content (AvgIpc) is 2.61. The Morgan fingerprint density at radius 3 is 2.26 bits per heavy atom. The molecule has 0 aromatic heterocycles. The number of benzene rings is 2. The van der Waals surface area contributed by atoms with Gasteiger partial charge in [0.1, 0.15) is 11.9 Å². The number of nitrogens with one attached hydrogen (secondary N) is 1. The van der Waals surface area contributed by atoms with Crippen LogP contribution in [-0.4, -0.2) is 28.8 Å². The van der Waals surface area contributed by atoms with Crippen LogP contribution in [-0.2, 0) is 22.6 Å². The predicted octanol–water partition coefficient (Wildman–Crippen LogP) is 3.62. The molecule has 0 saturated heterocycles. The number of halogens is 1. The summed E-state index contributed by atoms with van der Waals surface area (Å²) in [5.41, 5.74) is 2.36. The van der Waals surface area contributed by atoms with Gasteiger partial charge in [0, 0.05) is 18.2 Å². The van der Waals surface area contributed by atoms with E-state index in [4.69, 9.17) is 0 Å². The summed E-state index contributed by atoms with van der Waals surface area (Å²) in [6.45, 7) is 7.42. The van der Waals surface area contributed by atoms with E-state index in [9.17, 15) is 14.0 Å². The zero-order chi connectivity index (χ0) is 20.0. The third-order valence-corrected chi connectivity index (χ3v) is 4.37. The van der Waals surface area contributed by atoms with Gasteiger partial charge in [-0.3, -0.25) is 9.59 Å². The minimum atomic E-state index is -0.704. The van der Waals surface area contributed by atoms with Crippen LogP contribution in [0.15, 0.2) is 48.5 Å². The van der Waals surface area contributed by atoms with Crippen molar-refractivity contribution < 1.29 is 14.0 Å². The van der Waals surface area contributed by atoms with Gasteiger partial charge in [-0.25, -0.2) is 4.39 Å². The molecule has 0 aliphatic heterocycles. The van der Waals surface area contributed by atoms with Gasteiger partial charge in [-0.2, -0.15) is 0 Å². The highest BCUT2D eigenvalue weighted by Gasteiger charge is 2.27. The van der Waals surface area contributed by atoms with Crippen molar-refractivity contribution in [3.63, 3.8) is 0 Å². The maximum Gasteiger partial charge on any atom is 0.242 e. The number of rotatable bonds is 7. The minimum absolute atomic E-state index is 0.0394. The van der Waals surface area contributed by atoms with E-state index in [-0.39, 0.29) is 36.6 Å². The number of nitrogens with zero attached hydrogens (tertiary/aromatic N) is 1. The lowest BCUT2D eigenvalue weighted by molar-refractivity contribution is -0.140. The van der Waals surface area contributed by atoms with Crippen molar-refractivity contribution in [2.75, 3.05) is 0 Å². The molecule has 0 aliphatic carbocycles. The quantitative estimate of drug-likeness (QED) is 0.809. The largest absolute Gasteiger partial charge is 0.352 e. The lowest BCUT2D eigenvalue weighted by Crippen LogP contribution is -2.49. The van der Waals surface area contributed by atoms with E-state index in [0.29, 0.717) is 5.56 Å². The van der Waals surface area contributed by atoms with E-state index in [2.05, 4.69) is 5.32 Å². The van der Waals surface area contributed by atoms with Crippen LogP contribution in [0.1, 0.15) is 37.5 Å². The molecular formula is C22H27FN2O2. The first kappa shape index (κ1) is 20.6. The van der Waals surface area contributed by atoms with E-state index >= 15 is 0 Å². The Hall–Kier alpha value is -2.69. The van der Waals surface area contributed by atoms with Gasteiger partial charge < -0.3 is 10.2 Å². The SMILES string of the molecule is Cc1ccc(CC(=O)N(Cc2ccccc2F)[C@@H](C)C(=O)NC(C)C)cc1. The highest BCUT2D eigenvalue weighted by molar-refractivity contribution is 5.88. The van der Waals surface area contributed by atoms with Gasteiger partial charge in [0.2, 0.25) is 11.8 Å². The second-order valence-corrected chi connectivity index (χ2v) is 7.11. The van der Waals surface area contributed by atoms with Crippen molar-refractivity contribution in [1.82, 2.24) is 10.2 Å². The Balaban J connectivity index is 2.24. The molecule has 5 heteroatoms. The predicted molar refractivity (Wildman–Crippen MR) is 105 cm³/mol. The van der Waals surface area contributed by atoms with Gasteiger partial charge >= 0.3 is 0 Å². The topological polar surface area (TPSA) is 49.4 Å². The number of carbonyl (C=O) groups excluding carboxylic acids is 2. The van der Waals surface area contributed by atoms with E-state index < -0.39 is 6.04 Å².